The number of aliphatic hydroxyl groups is 1. The molecule has 0 fully saturated rings. The van der Waals surface area contributed by atoms with Gasteiger partial charge in [0.25, 0.3) is 0 Å². The van der Waals surface area contributed by atoms with E-state index < -0.39 is 6.10 Å². The van der Waals surface area contributed by atoms with Crippen molar-refractivity contribution in [1.29, 1.82) is 0 Å². The minimum atomic E-state index is -0.456. The van der Waals surface area contributed by atoms with E-state index in [-0.39, 0.29) is 12.0 Å². The van der Waals surface area contributed by atoms with Crippen molar-refractivity contribution in [3.63, 3.8) is 0 Å². The highest BCUT2D eigenvalue weighted by Crippen LogP contribution is 2.10. The van der Waals surface area contributed by atoms with Gasteiger partial charge in [0.2, 0.25) is 11.9 Å². The highest BCUT2D eigenvalue weighted by atomic mass is 16.5. The third kappa shape index (κ3) is 4.68. The summed E-state index contributed by atoms with van der Waals surface area (Å²) in [7, 11) is 1.45. The van der Waals surface area contributed by atoms with Crippen molar-refractivity contribution in [1.82, 2.24) is 15.0 Å². The molecule has 8 nitrogen and oxygen atoms in total. The predicted molar refractivity (Wildman–Crippen MR) is 68.1 cm³/mol. The Bertz CT molecular complexity index is 351. The summed E-state index contributed by atoms with van der Waals surface area (Å²) in [6.45, 7) is 4.45. The summed E-state index contributed by atoms with van der Waals surface area (Å²) >= 11 is 0. The van der Waals surface area contributed by atoms with Crippen LogP contribution in [0.2, 0.25) is 0 Å². The quantitative estimate of drug-likeness (QED) is 0.397. The van der Waals surface area contributed by atoms with Crippen LogP contribution in [0.4, 0.5) is 11.9 Å². The van der Waals surface area contributed by atoms with Gasteiger partial charge in [-0.2, -0.15) is 15.0 Å². The molecule has 0 radical (unpaired) electrons. The number of aliphatic hydroxyl groups excluding tert-OH is 1. The van der Waals surface area contributed by atoms with Gasteiger partial charge in [0.15, 0.2) is 0 Å². The predicted octanol–water partition coefficient (Wildman–Crippen LogP) is -0.0153. The number of nitrogen functional groups attached to an aromatic ring is 1. The molecule has 0 saturated carbocycles. The van der Waals surface area contributed by atoms with E-state index in [9.17, 15) is 5.11 Å². The van der Waals surface area contributed by atoms with Crippen molar-refractivity contribution in [2.75, 3.05) is 24.4 Å². The number of hydrazine groups is 1. The fourth-order valence-corrected chi connectivity index (χ4v) is 1.43. The molecule has 1 aromatic heterocycles. The third-order valence-electron chi connectivity index (χ3n) is 2.17. The van der Waals surface area contributed by atoms with Gasteiger partial charge < -0.3 is 15.2 Å². The minimum Gasteiger partial charge on any atom is -0.467 e. The molecule has 18 heavy (non-hydrogen) atoms. The van der Waals surface area contributed by atoms with Crippen LogP contribution in [0.25, 0.3) is 0 Å². The van der Waals surface area contributed by atoms with Gasteiger partial charge in [0.05, 0.1) is 13.2 Å². The van der Waals surface area contributed by atoms with Crippen LogP contribution in [0.15, 0.2) is 0 Å². The molecule has 102 valence electrons. The third-order valence-corrected chi connectivity index (χ3v) is 2.17. The smallest absolute Gasteiger partial charge is 0.322 e. The Morgan fingerprint density at radius 2 is 1.94 bits per heavy atom. The Balaban J connectivity index is 2.60. The zero-order valence-electron chi connectivity index (χ0n) is 10.8. The molecule has 1 heterocycles. The highest BCUT2D eigenvalue weighted by Gasteiger charge is 2.09. The average Bonchev–Trinajstić information content (AvgIpc) is 2.35. The topological polar surface area (TPSA) is 118 Å². The first-order chi connectivity index (χ1) is 8.55. The summed E-state index contributed by atoms with van der Waals surface area (Å²) in [4.78, 5) is 11.8. The molecule has 0 aliphatic rings. The van der Waals surface area contributed by atoms with E-state index in [0.29, 0.717) is 24.8 Å². The first kappa shape index (κ1) is 14.4. The van der Waals surface area contributed by atoms with E-state index in [1.54, 1.807) is 0 Å². The van der Waals surface area contributed by atoms with Crippen LogP contribution >= 0.6 is 0 Å². The summed E-state index contributed by atoms with van der Waals surface area (Å²) in [5.74, 6) is 6.16. The van der Waals surface area contributed by atoms with Gasteiger partial charge in [-0.25, -0.2) is 5.84 Å². The second-order valence-electron chi connectivity index (χ2n) is 4.28. The van der Waals surface area contributed by atoms with Crippen molar-refractivity contribution < 1.29 is 9.84 Å². The molecule has 1 rings (SSSR count). The molecule has 1 aromatic rings. The van der Waals surface area contributed by atoms with Crippen LogP contribution in [-0.2, 0) is 0 Å². The van der Waals surface area contributed by atoms with Crippen molar-refractivity contribution in [2.45, 2.75) is 26.4 Å². The number of hydrogen-bond donors (Lipinski definition) is 4. The molecule has 0 saturated heterocycles. The lowest BCUT2D eigenvalue weighted by Gasteiger charge is -2.14. The summed E-state index contributed by atoms with van der Waals surface area (Å²) in [6.07, 6.45) is 0.249. The van der Waals surface area contributed by atoms with Gasteiger partial charge >= 0.3 is 6.01 Å². The fraction of sp³-hybridized carbons (Fsp3) is 0.700. The zero-order valence-corrected chi connectivity index (χ0v) is 10.8. The van der Waals surface area contributed by atoms with Gasteiger partial charge in [-0.15, -0.1) is 0 Å². The largest absolute Gasteiger partial charge is 0.467 e. The maximum absolute atomic E-state index is 9.73. The lowest BCUT2D eigenvalue weighted by Crippen LogP contribution is -2.23. The molecule has 0 aliphatic heterocycles. The maximum Gasteiger partial charge on any atom is 0.322 e. The van der Waals surface area contributed by atoms with Gasteiger partial charge in [-0.1, -0.05) is 13.8 Å². The molecule has 0 aromatic carbocycles. The molecule has 0 bridgehead atoms. The molecular weight excluding hydrogens is 236 g/mol. The second-order valence-corrected chi connectivity index (χ2v) is 4.28. The zero-order chi connectivity index (χ0) is 13.5. The van der Waals surface area contributed by atoms with Gasteiger partial charge in [0, 0.05) is 6.54 Å². The molecule has 0 aliphatic carbocycles. The number of ether oxygens (including phenoxy) is 1. The van der Waals surface area contributed by atoms with Crippen LogP contribution < -0.4 is 21.3 Å². The van der Waals surface area contributed by atoms with Crippen molar-refractivity contribution in [3.05, 3.63) is 0 Å². The first-order valence-corrected chi connectivity index (χ1v) is 5.73. The molecule has 0 spiro atoms. The highest BCUT2D eigenvalue weighted by molar-refractivity contribution is 5.34. The van der Waals surface area contributed by atoms with Crippen LogP contribution in [-0.4, -0.2) is 39.8 Å². The number of nitrogens with one attached hydrogen (secondary N) is 2. The Morgan fingerprint density at radius 1 is 1.28 bits per heavy atom. The van der Waals surface area contributed by atoms with Crippen molar-refractivity contribution in [3.8, 4) is 6.01 Å². The monoisotopic (exact) mass is 256 g/mol. The number of nitrogens with two attached hydrogens (primary N) is 1. The first-order valence-electron chi connectivity index (χ1n) is 5.73. The van der Waals surface area contributed by atoms with Crippen LogP contribution in [0, 0.1) is 5.92 Å². The fourth-order valence-electron chi connectivity index (χ4n) is 1.43. The number of nitrogens with zero attached hydrogens (tertiary/aromatic N) is 3. The number of hydrogen-bond acceptors (Lipinski definition) is 8. The van der Waals surface area contributed by atoms with E-state index >= 15 is 0 Å². The Labute approximate surface area is 106 Å². The maximum atomic E-state index is 9.73. The van der Waals surface area contributed by atoms with E-state index in [2.05, 4.69) is 25.7 Å². The van der Waals surface area contributed by atoms with Gasteiger partial charge in [-0.3, -0.25) is 5.43 Å². The van der Waals surface area contributed by atoms with Gasteiger partial charge in [0.1, 0.15) is 0 Å². The Kier molecular flexibility index (Phi) is 5.53. The Morgan fingerprint density at radius 3 is 2.50 bits per heavy atom. The van der Waals surface area contributed by atoms with Gasteiger partial charge in [-0.05, 0) is 12.3 Å². The summed E-state index contributed by atoms with van der Waals surface area (Å²) in [5, 5.41) is 12.6. The minimum absolute atomic E-state index is 0.152. The van der Waals surface area contributed by atoms with E-state index in [1.807, 2.05) is 13.8 Å². The Hall–Kier alpha value is -1.67. The van der Waals surface area contributed by atoms with E-state index in [0.717, 1.165) is 0 Å². The molecule has 1 unspecified atom stereocenters. The van der Waals surface area contributed by atoms with Crippen LogP contribution in [0.1, 0.15) is 20.3 Å². The van der Waals surface area contributed by atoms with Crippen LogP contribution in [0.3, 0.4) is 0 Å². The summed E-state index contributed by atoms with van der Waals surface area (Å²) in [5.41, 5.74) is 2.32. The SMILES string of the molecule is COc1nc(NN)nc(NCC(O)CC(C)C)n1. The lowest BCUT2D eigenvalue weighted by molar-refractivity contribution is 0.161. The summed E-state index contributed by atoms with van der Waals surface area (Å²) in [6, 6.07) is 0.152. The number of anilines is 2. The number of methoxy groups -OCH3 is 1. The normalized spacial score (nSPS) is 12.3. The lowest BCUT2D eigenvalue weighted by atomic mass is 10.1. The standard InChI is InChI=1S/C10H20N6O2/c1-6(2)4-7(17)5-12-8-13-9(16-11)15-10(14-8)18-3/h6-7,17H,4-5,11H2,1-3H3,(H2,12,13,14,15,16). The van der Waals surface area contributed by atoms with Crippen molar-refractivity contribution in [2.24, 2.45) is 11.8 Å². The second kappa shape index (κ2) is 6.92. The molecule has 0 amide bonds. The summed E-state index contributed by atoms with van der Waals surface area (Å²) < 4.78 is 4.91. The van der Waals surface area contributed by atoms with Crippen LogP contribution in [0.5, 0.6) is 6.01 Å². The molecule has 8 heteroatoms. The molecule has 1 atom stereocenters. The van der Waals surface area contributed by atoms with E-state index in [4.69, 9.17) is 10.6 Å². The van der Waals surface area contributed by atoms with Crippen molar-refractivity contribution >= 4 is 11.9 Å². The van der Waals surface area contributed by atoms with E-state index in [1.165, 1.54) is 7.11 Å². The number of aromatic nitrogens is 3. The average molecular weight is 256 g/mol. The molecule has 5 N–H and O–H groups in total. The number of rotatable bonds is 7. The molecular formula is C10H20N6O2.